The number of rotatable bonds is 7. The van der Waals surface area contributed by atoms with Crippen LogP contribution in [0.25, 0.3) is 10.9 Å². The molecule has 0 radical (unpaired) electrons. The predicted octanol–water partition coefficient (Wildman–Crippen LogP) is 3.44. The molecule has 2 aromatic carbocycles. The van der Waals surface area contributed by atoms with E-state index in [4.69, 9.17) is 11.6 Å². The highest BCUT2D eigenvalue weighted by Gasteiger charge is 2.27. The van der Waals surface area contributed by atoms with Gasteiger partial charge in [-0.15, -0.1) is 0 Å². The average molecular weight is 446 g/mol. The van der Waals surface area contributed by atoms with Gasteiger partial charge in [-0.25, -0.2) is 8.42 Å². The summed E-state index contributed by atoms with van der Waals surface area (Å²) in [5, 5.41) is 4.41. The monoisotopic (exact) mass is 445 g/mol. The first-order valence-corrected chi connectivity index (χ1v) is 11.9. The molecule has 1 fully saturated rings. The van der Waals surface area contributed by atoms with E-state index in [2.05, 4.69) is 5.32 Å². The van der Waals surface area contributed by atoms with E-state index < -0.39 is 10.0 Å². The number of nitrogens with one attached hydrogen (secondary N) is 1. The fraction of sp³-hybridized carbons (Fsp3) is 0.318. The first-order valence-electron chi connectivity index (χ1n) is 10.0. The van der Waals surface area contributed by atoms with Gasteiger partial charge in [-0.05, 0) is 55.2 Å². The third kappa shape index (κ3) is 4.38. The van der Waals surface area contributed by atoms with Crippen molar-refractivity contribution in [1.29, 1.82) is 0 Å². The van der Waals surface area contributed by atoms with Crippen molar-refractivity contribution in [2.45, 2.75) is 30.7 Å². The molecule has 1 aliphatic heterocycles. The summed E-state index contributed by atoms with van der Waals surface area (Å²) in [5.41, 5.74) is 1.83. The number of nitrogens with zero attached hydrogens (tertiary/aromatic N) is 2. The highest BCUT2D eigenvalue weighted by Crippen LogP contribution is 2.25. The van der Waals surface area contributed by atoms with Gasteiger partial charge in [0.2, 0.25) is 15.9 Å². The molecule has 3 aromatic rings. The van der Waals surface area contributed by atoms with Crippen molar-refractivity contribution in [1.82, 2.24) is 14.2 Å². The van der Waals surface area contributed by atoms with Crippen LogP contribution < -0.4 is 5.32 Å². The molecular weight excluding hydrogens is 422 g/mol. The zero-order valence-electron chi connectivity index (χ0n) is 16.6. The van der Waals surface area contributed by atoms with E-state index in [9.17, 15) is 13.2 Å². The first kappa shape index (κ1) is 20.9. The zero-order chi connectivity index (χ0) is 21.1. The van der Waals surface area contributed by atoms with Gasteiger partial charge in [-0.2, -0.15) is 4.31 Å². The van der Waals surface area contributed by atoms with Gasteiger partial charge < -0.3 is 9.88 Å². The summed E-state index contributed by atoms with van der Waals surface area (Å²) in [4.78, 5) is 12.7. The Morgan fingerprint density at radius 1 is 1.07 bits per heavy atom. The maximum Gasteiger partial charge on any atom is 0.243 e. The summed E-state index contributed by atoms with van der Waals surface area (Å²) in [5.74, 6) is -0.103. The Bertz CT molecular complexity index is 1170. The number of aromatic nitrogens is 1. The Morgan fingerprint density at radius 3 is 2.60 bits per heavy atom. The molecule has 158 valence electrons. The van der Waals surface area contributed by atoms with E-state index in [1.807, 2.05) is 41.1 Å². The minimum absolute atomic E-state index is 0.103. The van der Waals surface area contributed by atoms with Crippen molar-refractivity contribution in [2.75, 3.05) is 19.6 Å². The Balaban J connectivity index is 1.41. The smallest absolute Gasteiger partial charge is 0.243 e. The number of carbonyl (C=O) groups excluding carboxylic acids is 1. The van der Waals surface area contributed by atoms with Crippen molar-refractivity contribution >= 4 is 38.4 Å². The van der Waals surface area contributed by atoms with Crippen LogP contribution in [-0.4, -0.2) is 42.8 Å². The molecule has 2 heterocycles. The van der Waals surface area contributed by atoms with Crippen molar-refractivity contribution in [3.05, 3.63) is 65.3 Å². The lowest BCUT2D eigenvalue weighted by Gasteiger charge is -2.15. The number of benzene rings is 2. The van der Waals surface area contributed by atoms with Crippen LogP contribution in [0.4, 0.5) is 0 Å². The molecule has 30 heavy (non-hydrogen) atoms. The summed E-state index contributed by atoms with van der Waals surface area (Å²) in [7, 11) is -3.45. The van der Waals surface area contributed by atoms with Gasteiger partial charge in [-0.3, -0.25) is 4.79 Å². The average Bonchev–Trinajstić information content (AvgIpc) is 3.40. The Hall–Kier alpha value is -2.35. The quantitative estimate of drug-likeness (QED) is 0.605. The molecule has 0 saturated carbocycles. The van der Waals surface area contributed by atoms with E-state index in [0.717, 1.165) is 29.3 Å². The highest BCUT2D eigenvalue weighted by atomic mass is 35.5. The molecule has 1 amide bonds. The molecule has 0 atom stereocenters. The molecule has 0 aliphatic carbocycles. The molecule has 1 saturated heterocycles. The Kier molecular flexibility index (Phi) is 6.13. The normalized spacial score (nSPS) is 15.0. The van der Waals surface area contributed by atoms with E-state index in [1.54, 1.807) is 18.2 Å². The molecule has 0 spiro atoms. The second-order valence-corrected chi connectivity index (χ2v) is 9.81. The molecule has 6 nitrogen and oxygen atoms in total. The van der Waals surface area contributed by atoms with Crippen LogP contribution in [-0.2, 0) is 27.8 Å². The van der Waals surface area contributed by atoms with Gasteiger partial charge in [0.1, 0.15) is 6.54 Å². The van der Waals surface area contributed by atoms with Crippen LogP contribution in [0.2, 0.25) is 5.02 Å². The van der Waals surface area contributed by atoms with Gasteiger partial charge >= 0.3 is 0 Å². The van der Waals surface area contributed by atoms with Crippen molar-refractivity contribution in [3.63, 3.8) is 0 Å². The molecule has 0 bridgehead atoms. The molecule has 0 unspecified atom stereocenters. The first-order chi connectivity index (χ1) is 14.4. The fourth-order valence-electron chi connectivity index (χ4n) is 3.80. The number of sulfonamides is 1. The number of amides is 1. The topological polar surface area (TPSA) is 71.4 Å². The molecule has 1 N–H and O–H groups in total. The third-order valence-corrected chi connectivity index (χ3v) is 7.70. The van der Waals surface area contributed by atoms with Gasteiger partial charge in [0.05, 0.1) is 4.90 Å². The number of fused-ring (bicyclic) bond motifs is 1. The van der Waals surface area contributed by atoms with Crippen molar-refractivity contribution < 1.29 is 13.2 Å². The molecule has 1 aromatic heterocycles. The van der Waals surface area contributed by atoms with Crippen molar-refractivity contribution in [3.8, 4) is 0 Å². The summed E-state index contributed by atoms with van der Waals surface area (Å²) >= 11 is 6.14. The molecule has 4 rings (SSSR count). The van der Waals surface area contributed by atoms with Crippen LogP contribution in [0.1, 0.15) is 18.4 Å². The maximum atomic E-state index is 12.8. The van der Waals surface area contributed by atoms with Gasteiger partial charge in [0.15, 0.2) is 0 Å². The van der Waals surface area contributed by atoms with Gasteiger partial charge in [0.25, 0.3) is 0 Å². The minimum atomic E-state index is -3.45. The number of hydrogen-bond acceptors (Lipinski definition) is 3. The van der Waals surface area contributed by atoms with Crippen LogP contribution in [0.15, 0.2) is 59.6 Å². The summed E-state index contributed by atoms with van der Waals surface area (Å²) < 4.78 is 28.9. The predicted molar refractivity (Wildman–Crippen MR) is 118 cm³/mol. The lowest BCUT2D eigenvalue weighted by atomic mass is 10.1. The molecule has 8 heteroatoms. The number of carbonyl (C=O) groups is 1. The summed E-state index contributed by atoms with van der Waals surface area (Å²) in [6.45, 7) is 1.83. The summed E-state index contributed by atoms with van der Waals surface area (Å²) in [6, 6.07) is 14.5. The van der Waals surface area contributed by atoms with E-state index in [-0.39, 0.29) is 12.5 Å². The fourth-order valence-corrected chi connectivity index (χ4v) is 5.59. The minimum Gasteiger partial charge on any atom is -0.354 e. The lowest BCUT2D eigenvalue weighted by molar-refractivity contribution is -0.121. The van der Waals surface area contributed by atoms with Crippen LogP contribution in [0, 0.1) is 0 Å². The second-order valence-electron chi connectivity index (χ2n) is 7.47. The van der Waals surface area contributed by atoms with Crippen LogP contribution in [0.3, 0.4) is 0 Å². The highest BCUT2D eigenvalue weighted by molar-refractivity contribution is 7.89. The molecule has 1 aliphatic rings. The third-order valence-electron chi connectivity index (χ3n) is 5.43. The SMILES string of the molecule is O=C(Cn1ccc2cc(S(=O)(=O)N3CCCC3)ccc21)NCCc1ccccc1Cl. The van der Waals surface area contributed by atoms with E-state index in [1.165, 1.54) is 4.31 Å². The Morgan fingerprint density at radius 2 is 1.83 bits per heavy atom. The zero-order valence-corrected chi connectivity index (χ0v) is 18.1. The largest absolute Gasteiger partial charge is 0.354 e. The maximum absolute atomic E-state index is 12.8. The lowest BCUT2D eigenvalue weighted by Crippen LogP contribution is -2.29. The number of halogens is 1. The standard InChI is InChI=1S/C22H24ClN3O3S/c23-20-6-2-1-5-17(20)9-11-24-22(27)16-25-14-10-18-15-19(7-8-21(18)25)30(28,29)26-12-3-4-13-26/h1-2,5-8,10,14-15H,3-4,9,11-13,16H2,(H,24,27). The molecular formula is C22H24ClN3O3S. The van der Waals surface area contributed by atoms with Crippen LogP contribution >= 0.6 is 11.6 Å². The van der Waals surface area contributed by atoms with E-state index in [0.29, 0.717) is 36.0 Å². The number of hydrogen-bond donors (Lipinski definition) is 1. The van der Waals surface area contributed by atoms with E-state index >= 15 is 0 Å². The second kappa shape index (κ2) is 8.79. The van der Waals surface area contributed by atoms with Gasteiger partial charge in [-0.1, -0.05) is 29.8 Å². The van der Waals surface area contributed by atoms with Gasteiger partial charge in [0, 0.05) is 41.8 Å². The van der Waals surface area contributed by atoms with Crippen molar-refractivity contribution in [2.24, 2.45) is 0 Å². The van der Waals surface area contributed by atoms with Crippen LogP contribution in [0.5, 0.6) is 0 Å². The summed E-state index contributed by atoms with van der Waals surface area (Å²) in [6.07, 6.45) is 4.28. The Labute approximate surface area is 181 Å².